The Labute approximate surface area is 118 Å². The molecule has 1 aromatic carbocycles. The summed E-state index contributed by atoms with van der Waals surface area (Å²) in [6.45, 7) is 3.94. The molecule has 1 N–H and O–H groups in total. The third-order valence-corrected chi connectivity index (χ3v) is 3.31. The van der Waals surface area contributed by atoms with Gasteiger partial charge in [-0.2, -0.15) is 0 Å². The van der Waals surface area contributed by atoms with E-state index in [1.54, 1.807) is 19.2 Å². The topological polar surface area (TPSA) is 58.9 Å². The van der Waals surface area contributed by atoms with Crippen molar-refractivity contribution in [2.75, 3.05) is 7.11 Å². The lowest BCUT2D eigenvalue weighted by Gasteiger charge is -2.28. The number of nitrogens with zero attached hydrogens (tertiary/aromatic N) is 1. The molecule has 0 heterocycles. The molecular weight excluding hydrogens is 254 g/mol. The van der Waals surface area contributed by atoms with Gasteiger partial charge in [-0.3, -0.25) is 9.79 Å². The second-order valence-corrected chi connectivity index (χ2v) is 5.73. The predicted molar refractivity (Wildman–Crippen MR) is 78.8 cm³/mol. The second kappa shape index (κ2) is 5.49. The molecule has 0 unspecified atom stereocenters. The van der Waals surface area contributed by atoms with Gasteiger partial charge >= 0.3 is 0 Å². The summed E-state index contributed by atoms with van der Waals surface area (Å²) >= 11 is 0. The van der Waals surface area contributed by atoms with Crippen LogP contribution in [0.1, 0.15) is 26.7 Å². The number of para-hydroxylation sites is 2. The Morgan fingerprint density at radius 2 is 2.00 bits per heavy atom. The standard InChI is InChI=1S/C16H19NO3/c1-16(2)8-13(18)11(14(19)9-16)10-17-12-6-4-5-7-15(12)20-3/h4-7,10,18H,8-9H2,1-3H3. The van der Waals surface area contributed by atoms with Crippen molar-refractivity contribution in [3.63, 3.8) is 0 Å². The molecule has 0 radical (unpaired) electrons. The largest absolute Gasteiger partial charge is 0.511 e. The van der Waals surface area contributed by atoms with E-state index in [2.05, 4.69) is 4.99 Å². The number of allylic oxidation sites excluding steroid dienone is 2. The summed E-state index contributed by atoms with van der Waals surface area (Å²) in [5.74, 6) is 0.676. The summed E-state index contributed by atoms with van der Waals surface area (Å²) in [6.07, 6.45) is 2.35. The molecule has 2 rings (SSSR count). The van der Waals surface area contributed by atoms with Gasteiger partial charge in [0.15, 0.2) is 5.78 Å². The van der Waals surface area contributed by atoms with Gasteiger partial charge in [-0.1, -0.05) is 26.0 Å². The quantitative estimate of drug-likeness (QED) is 0.856. The number of methoxy groups -OCH3 is 1. The third-order valence-electron chi connectivity index (χ3n) is 3.31. The smallest absolute Gasteiger partial charge is 0.168 e. The van der Waals surface area contributed by atoms with Crippen molar-refractivity contribution in [1.29, 1.82) is 0 Å². The van der Waals surface area contributed by atoms with Crippen molar-refractivity contribution in [3.05, 3.63) is 35.6 Å². The molecule has 1 aliphatic rings. The summed E-state index contributed by atoms with van der Waals surface area (Å²) in [7, 11) is 1.57. The van der Waals surface area contributed by atoms with Gasteiger partial charge in [-0.15, -0.1) is 0 Å². The van der Waals surface area contributed by atoms with Gasteiger partial charge in [0, 0.05) is 19.1 Å². The van der Waals surface area contributed by atoms with E-state index in [9.17, 15) is 9.90 Å². The highest BCUT2D eigenvalue weighted by Crippen LogP contribution is 2.35. The van der Waals surface area contributed by atoms with E-state index < -0.39 is 0 Å². The minimum Gasteiger partial charge on any atom is -0.511 e. The summed E-state index contributed by atoms with van der Waals surface area (Å²) in [5.41, 5.74) is 0.742. The molecule has 4 nitrogen and oxygen atoms in total. The fourth-order valence-corrected chi connectivity index (χ4v) is 2.32. The Balaban J connectivity index is 2.29. The van der Waals surface area contributed by atoms with Gasteiger partial charge in [0.1, 0.15) is 17.2 Å². The Hall–Kier alpha value is -2.10. The Morgan fingerprint density at radius 3 is 2.65 bits per heavy atom. The van der Waals surface area contributed by atoms with Crippen LogP contribution in [0.5, 0.6) is 5.75 Å². The summed E-state index contributed by atoms with van der Waals surface area (Å²) in [5, 5.41) is 10.0. The maximum Gasteiger partial charge on any atom is 0.168 e. The van der Waals surface area contributed by atoms with Crippen LogP contribution in [0.2, 0.25) is 0 Å². The Kier molecular flexibility index (Phi) is 3.93. The van der Waals surface area contributed by atoms with E-state index in [4.69, 9.17) is 4.74 Å². The lowest BCUT2D eigenvalue weighted by molar-refractivity contribution is -0.117. The molecule has 0 saturated heterocycles. The fourth-order valence-electron chi connectivity index (χ4n) is 2.32. The monoisotopic (exact) mass is 273 g/mol. The van der Waals surface area contributed by atoms with Crippen LogP contribution in [-0.2, 0) is 4.79 Å². The average Bonchev–Trinajstić information content (AvgIpc) is 2.36. The van der Waals surface area contributed by atoms with Gasteiger partial charge in [0.25, 0.3) is 0 Å². The predicted octanol–water partition coefficient (Wildman–Crippen LogP) is 3.60. The Bertz CT molecular complexity index is 585. The van der Waals surface area contributed by atoms with Crippen molar-refractivity contribution < 1.29 is 14.6 Å². The van der Waals surface area contributed by atoms with E-state index in [1.165, 1.54) is 6.21 Å². The number of aliphatic imine (C=N–C) groups is 1. The maximum atomic E-state index is 12.1. The van der Waals surface area contributed by atoms with Crippen LogP contribution < -0.4 is 4.74 Å². The fraction of sp³-hybridized carbons (Fsp3) is 0.375. The average molecular weight is 273 g/mol. The molecule has 0 atom stereocenters. The minimum absolute atomic E-state index is 0.0719. The molecule has 0 saturated carbocycles. The molecule has 0 amide bonds. The van der Waals surface area contributed by atoms with Crippen molar-refractivity contribution in [2.45, 2.75) is 26.7 Å². The number of rotatable bonds is 3. The molecule has 0 aromatic heterocycles. The highest BCUT2D eigenvalue weighted by molar-refractivity contribution is 6.15. The zero-order chi connectivity index (χ0) is 14.8. The molecule has 106 valence electrons. The molecule has 1 aromatic rings. The van der Waals surface area contributed by atoms with E-state index >= 15 is 0 Å². The number of benzene rings is 1. The highest BCUT2D eigenvalue weighted by Gasteiger charge is 2.32. The zero-order valence-corrected chi connectivity index (χ0v) is 12.0. The number of ether oxygens (including phenoxy) is 1. The second-order valence-electron chi connectivity index (χ2n) is 5.73. The summed E-state index contributed by atoms with van der Waals surface area (Å²) < 4.78 is 5.19. The molecule has 20 heavy (non-hydrogen) atoms. The van der Waals surface area contributed by atoms with E-state index in [0.29, 0.717) is 29.9 Å². The molecule has 0 aliphatic heterocycles. The lowest BCUT2D eigenvalue weighted by Crippen LogP contribution is -2.26. The van der Waals surface area contributed by atoms with Crippen molar-refractivity contribution >= 4 is 17.7 Å². The number of carbonyl (C=O) groups is 1. The van der Waals surface area contributed by atoms with Crippen molar-refractivity contribution in [1.82, 2.24) is 0 Å². The molecule has 1 aliphatic carbocycles. The van der Waals surface area contributed by atoms with Crippen LogP contribution in [-0.4, -0.2) is 24.2 Å². The molecular formula is C16H19NO3. The summed E-state index contributed by atoms with van der Waals surface area (Å²) in [4.78, 5) is 16.3. The van der Waals surface area contributed by atoms with Crippen LogP contribution in [0.3, 0.4) is 0 Å². The molecule has 4 heteroatoms. The van der Waals surface area contributed by atoms with Crippen LogP contribution in [0.25, 0.3) is 0 Å². The number of aliphatic hydroxyl groups is 1. The number of Topliss-reactive ketones (excluding diaryl/α,β-unsaturated/α-hetero) is 1. The van der Waals surface area contributed by atoms with E-state index in [0.717, 1.165) is 0 Å². The van der Waals surface area contributed by atoms with E-state index in [-0.39, 0.29) is 17.0 Å². The van der Waals surface area contributed by atoms with E-state index in [1.807, 2.05) is 26.0 Å². The first-order chi connectivity index (χ1) is 9.43. The first kappa shape index (κ1) is 14.3. The summed E-state index contributed by atoms with van der Waals surface area (Å²) in [6, 6.07) is 7.29. The highest BCUT2D eigenvalue weighted by atomic mass is 16.5. The molecule has 0 fully saturated rings. The van der Waals surface area contributed by atoms with Gasteiger partial charge in [0.2, 0.25) is 0 Å². The zero-order valence-electron chi connectivity index (χ0n) is 12.0. The van der Waals surface area contributed by atoms with Gasteiger partial charge < -0.3 is 9.84 Å². The van der Waals surface area contributed by atoms with Crippen LogP contribution in [0.15, 0.2) is 40.6 Å². The van der Waals surface area contributed by atoms with Crippen LogP contribution >= 0.6 is 0 Å². The van der Waals surface area contributed by atoms with Crippen LogP contribution in [0, 0.1) is 5.41 Å². The number of hydrogen-bond acceptors (Lipinski definition) is 4. The SMILES string of the molecule is COc1ccccc1N=CC1=C(O)CC(C)(C)CC1=O. The van der Waals surface area contributed by atoms with Crippen molar-refractivity contribution in [3.8, 4) is 5.75 Å². The van der Waals surface area contributed by atoms with Gasteiger partial charge in [-0.25, -0.2) is 0 Å². The number of carbonyl (C=O) groups excluding carboxylic acids is 1. The van der Waals surface area contributed by atoms with Crippen molar-refractivity contribution in [2.24, 2.45) is 10.4 Å². The first-order valence-corrected chi connectivity index (χ1v) is 6.55. The first-order valence-electron chi connectivity index (χ1n) is 6.55. The number of ketones is 1. The normalized spacial score (nSPS) is 18.6. The lowest BCUT2D eigenvalue weighted by atomic mass is 9.77. The number of hydrogen-bond donors (Lipinski definition) is 1. The molecule has 0 bridgehead atoms. The number of aliphatic hydroxyl groups excluding tert-OH is 1. The Morgan fingerprint density at radius 1 is 1.30 bits per heavy atom. The minimum atomic E-state index is -0.192. The van der Waals surface area contributed by atoms with Gasteiger partial charge in [-0.05, 0) is 17.5 Å². The third kappa shape index (κ3) is 3.07. The maximum absolute atomic E-state index is 12.1. The van der Waals surface area contributed by atoms with Crippen LogP contribution in [0.4, 0.5) is 5.69 Å². The molecule has 0 spiro atoms. The van der Waals surface area contributed by atoms with Gasteiger partial charge in [0.05, 0.1) is 12.7 Å².